The predicted molar refractivity (Wildman–Crippen MR) is 112 cm³/mol. The molecule has 1 saturated heterocycles. The second-order valence-corrected chi connectivity index (χ2v) is 9.17. The number of hydrogen-bond acceptors (Lipinski definition) is 3. The molecule has 1 fully saturated rings. The van der Waals surface area contributed by atoms with E-state index in [1.165, 1.54) is 5.56 Å². The van der Waals surface area contributed by atoms with Crippen molar-refractivity contribution in [2.75, 3.05) is 24.4 Å². The lowest BCUT2D eigenvalue weighted by Gasteiger charge is -2.14. The molecule has 0 spiro atoms. The van der Waals surface area contributed by atoms with Crippen molar-refractivity contribution in [3.8, 4) is 0 Å². The molecule has 0 aromatic heterocycles. The SMILES string of the molecule is C=CCN1CC[C@@H](c2ccc(NS(=O)(=O)c3ccc(C(C)C)cc3)cc2)C1. The number of hydrogen-bond donors (Lipinski definition) is 1. The van der Waals surface area contributed by atoms with Crippen LogP contribution in [0.3, 0.4) is 0 Å². The van der Waals surface area contributed by atoms with Gasteiger partial charge < -0.3 is 0 Å². The molecule has 0 unspecified atom stereocenters. The molecule has 3 rings (SSSR count). The van der Waals surface area contributed by atoms with E-state index in [9.17, 15) is 8.42 Å². The topological polar surface area (TPSA) is 49.4 Å². The van der Waals surface area contributed by atoms with Crippen LogP contribution >= 0.6 is 0 Å². The maximum absolute atomic E-state index is 12.6. The van der Waals surface area contributed by atoms with E-state index in [2.05, 4.69) is 30.0 Å². The number of likely N-dealkylation sites (tertiary alicyclic amines) is 1. The van der Waals surface area contributed by atoms with Crippen molar-refractivity contribution in [2.24, 2.45) is 0 Å². The van der Waals surface area contributed by atoms with Crippen LogP contribution < -0.4 is 4.72 Å². The molecule has 1 atom stereocenters. The summed E-state index contributed by atoms with van der Waals surface area (Å²) in [6.45, 7) is 11.0. The van der Waals surface area contributed by atoms with Gasteiger partial charge in [0.25, 0.3) is 10.0 Å². The number of rotatable bonds is 7. The normalized spacial score (nSPS) is 18.0. The minimum atomic E-state index is -3.57. The largest absolute Gasteiger partial charge is 0.299 e. The zero-order chi connectivity index (χ0) is 19.4. The van der Waals surface area contributed by atoms with E-state index in [1.54, 1.807) is 12.1 Å². The highest BCUT2D eigenvalue weighted by Crippen LogP contribution is 2.28. The maximum atomic E-state index is 12.6. The third kappa shape index (κ3) is 4.79. The first-order valence-electron chi connectivity index (χ1n) is 9.45. The van der Waals surface area contributed by atoms with Gasteiger partial charge in [-0.1, -0.05) is 44.2 Å². The zero-order valence-electron chi connectivity index (χ0n) is 16.1. The Morgan fingerprint density at radius 2 is 1.81 bits per heavy atom. The van der Waals surface area contributed by atoms with Crippen molar-refractivity contribution in [3.05, 3.63) is 72.3 Å². The summed E-state index contributed by atoms with van der Waals surface area (Å²) in [5, 5.41) is 0. The number of nitrogens with one attached hydrogen (secondary N) is 1. The van der Waals surface area contributed by atoms with Gasteiger partial charge in [0, 0.05) is 18.8 Å². The number of nitrogens with zero attached hydrogens (tertiary/aromatic N) is 1. The van der Waals surface area contributed by atoms with Gasteiger partial charge in [0.2, 0.25) is 0 Å². The second-order valence-electron chi connectivity index (χ2n) is 7.49. The van der Waals surface area contributed by atoms with Crippen LogP contribution in [-0.2, 0) is 10.0 Å². The fourth-order valence-electron chi connectivity index (χ4n) is 3.52. The summed E-state index contributed by atoms with van der Waals surface area (Å²) in [6.07, 6.45) is 3.06. The molecule has 27 heavy (non-hydrogen) atoms. The summed E-state index contributed by atoms with van der Waals surface area (Å²) in [5.74, 6) is 0.874. The molecule has 2 aromatic rings. The molecule has 4 nitrogen and oxygen atoms in total. The van der Waals surface area contributed by atoms with Crippen molar-refractivity contribution in [1.29, 1.82) is 0 Å². The number of sulfonamides is 1. The molecule has 0 bridgehead atoms. The molecule has 1 aliphatic rings. The Hall–Kier alpha value is -2.11. The monoisotopic (exact) mass is 384 g/mol. The summed E-state index contributed by atoms with van der Waals surface area (Å²) >= 11 is 0. The lowest BCUT2D eigenvalue weighted by Crippen LogP contribution is -2.19. The maximum Gasteiger partial charge on any atom is 0.261 e. The third-order valence-electron chi connectivity index (χ3n) is 5.15. The average Bonchev–Trinajstić information content (AvgIpc) is 3.11. The molecule has 1 N–H and O–H groups in total. The first-order chi connectivity index (χ1) is 12.9. The van der Waals surface area contributed by atoms with Gasteiger partial charge in [-0.3, -0.25) is 9.62 Å². The Morgan fingerprint density at radius 1 is 1.15 bits per heavy atom. The van der Waals surface area contributed by atoms with E-state index in [0.29, 0.717) is 17.5 Å². The van der Waals surface area contributed by atoms with Crippen molar-refractivity contribution < 1.29 is 8.42 Å². The van der Waals surface area contributed by atoms with Gasteiger partial charge in [-0.25, -0.2) is 8.42 Å². The highest BCUT2D eigenvalue weighted by atomic mass is 32.2. The van der Waals surface area contributed by atoms with E-state index >= 15 is 0 Å². The fraction of sp³-hybridized carbons (Fsp3) is 0.364. The van der Waals surface area contributed by atoms with Gasteiger partial charge in [0.1, 0.15) is 0 Å². The standard InChI is InChI=1S/C22H28N2O2S/c1-4-14-24-15-13-20(16-24)19-5-9-21(10-6-19)23-27(25,26)22-11-7-18(8-12-22)17(2)3/h4-12,17,20,23H,1,13-16H2,2-3H3/t20-/m1/s1. The Bertz CT molecular complexity index is 872. The molecular weight excluding hydrogens is 356 g/mol. The molecule has 5 heteroatoms. The Balaban J connectivity index is 1.67. The Labute approximate surface area is 163 Å². The summed E-state index contributed by atoms with van der Waals surface area (Å²) in [5.41, 5.74) is 2.97. The van der Waals surface area contributed by atoms with E-state index in [0.717, 1.165) is 31.6 Å². The minimum absolute atomic E-state index is 0.284. The zero-order valence-corrected chi connectivity index (χ0v) is 16.9. The van der Waals surface area contributed by atoms with Crippen LogP contribution in [0.25, 0.3) is 0 Å². The lowest BCUT2D eigenvalue weighted by atomic mass is 9.98. The summed E-state index contributed by atoms with van der Waals surface area (Å²) < 4.78 is 27.9. The van der Waals surface area contributed by atoms with Crippen LogP contribution in [0.4, 0.5) is 5.69 Å². The van der Waals surface area contributed by atoms with Crippen molar-refractivity contribution >= 4 is 15.7 Å². The van der Waals surface area contributed by atoms with E-state index < -0.39 is 10.0 Å². The molecule has 0 aliphatic carbocycles. The van der Waals surface area contributed by atoms with Crippen LogP contribution in [-0.4, -0.2) is 33.0 Å². The van der Waals surface area contributed by atoms with Crippen LogP contribution in [0.1, 0.15) is 43.2 Å². The first kappa shape index (κ1) is 19.6. The molecule has 1 aliphatic heterocycles. The van der Waals surface area contributed by atoms with Crippen molar-refractivity contribution in [3.63, 3.8) is 0 Å². The molecule has 0 radical (unpaired) electrons. The third-order valence-corrected chi connectivity index (χ3v) is 6.55. The van der Waals surface area contributed by atoms with Gasteiger partial charge >= 0.3 is 0 Å². The number of benzene rings is 2. The Morgan fingerprint density at radius 3 is 2.41 bits per heavy atom. The lowest BCUT2D eigenvalue weighted by molar-refractivity contribution is 0.372. The molecule has 144 valence electrons. The van der Waals surface area contributed by atoms with Gasteiger partial charge in [-0.05, 0) is 60.2 Å². The Kier molecular flexibility index (Phi) is 6.02. The van der Waals surface area contributed by atoms with Crippen LogP contribution in [0.5, 0.6) is 0 Å². The predicted octanol–water partition coefficient (Wildman–Crippen LogP) is 4.59. The average molecular weight is 385 g/mol. The van der Waals surface area contributed by atoms with Crippen LogP contribution in [0.15, 0.2) is 66.1 Å². The van der Waals surface area contributed by atoms with Crippen LogP contribution in [0.2, 0.25) is 0 Å². The first-order valence-corrected chi connectivity index (χ1v) is 10.9. The molecular formula is C22H28N2O2S. The van der Waals surface area contributed by atoms with E-state index in [4.69, 9.17) is 0 Å². The van der Waals surface area contributed by atoms with Gasteiger partial charge in [-0.2, -0.15) is 0 Å². The van der Waals surface area contributed by atoms with Crippen molar-refractivity contribution in [2.45, 2.75) is 37.0 Å². The summed E-state index contributed by atoms with van der Waals surface area (Å²) in [7, 11) is -3.57. The molecule has 1 heterocycles. The molecule has 0 saturated carbocycles. The molecule has 0 amide bonds. The van der Waals surface area contributed by atoms with E-state index in [-0.39, 0.29) is 4.90 Å². The highest BCUT2D eigenvalue weighted by molar-refractivity contribution is 7.92. The van der Waals surface area contributed by atoms with Crippen LogP contribution in [0, 0.1) is 0 Å². The van der Waals surface area contributed by atoms with Crippen molar-refractivity contribution in [1.82, 2.24) is 4.90 Å². The fourth-order valence-corrected chi connectivity index (χ4v) is 4.58. The summed E-state index contributed by atoms with van der Waals surface area (Å²) in [6, 6.07) is 14.8. The smallest absolute Gasteiger partial charge is 0.261 e. The van der Waals surface area contributed by atoms with E-state index in [1.807, 2.05) is 42.5 Å². The van der Waals surface area contributed by atoms with Gasteiger partial charge in [0.15, 0.2) is 0 Å². The number of anilines is 1. The van der Waals surface area contributed by atoms with Gasteiger partial charge in [0.05, 0.1) is 4.90 Å². The molecule has 2 aromatic carbocycles. The summed E-state index contributed by atoms with van der Waals surface area (Å²) in [4.78, 5) is 2.67. The highest BCUT2D eigenvalue weighted by Gasteiger charge is 2.23. The quantitative estimate of drug-likeness (QED) is 0.711. The second kappa shape index (κ2) is 8.28. The van der Waals surface area contributed by atoms with Gasteiger partial charge in [-0.15, -0.1) is 6.58 Å². The minimum Gasteiger partial charge on any atom is -0.299 e.